The van der Waals surface area contributed by atoms with E-state index in [-0.39, 0.29) is 0 Å². The Hall–Kier alpha value is -0.570. The first kappa shape index (κ1) is 9.43. The number of hydrogen-bond acceptors (Lipinski definition) is 3. The van der Waals surface area contributed by atoms with Gasteiger partial charge in [-0.15, -0.1) is 0 Å². The second-order valence-electron chi connectivity index (χ2n) is 2.34. The molecule has 10 heavy (non-hydrogen) atoms. The number of carbonyl (C=O) groups is 1. The third kappa shape index (κ3) is 5.56. The first-order valence-corrected chi connectivity index (χ1v) is 3.46. The SMILES string of the molecule is CN1CCCC1.COC=O. The Bertz CT molecular complexity index is 79.7. The van der Waals surface area contributed by atoms with Gasteiger partial charge in [-0.1, -0.05) is 0 Å². The van der Waals surface area contributed by atoms with Gasteiger partial charge in [-0.3, -0.25) is 4.79 Å². The van der Waals surface area contributed by atoms with Gasteiger partial charge in [-0.25, -0.2) is 0 Å². The molecule has 0 bridgehead atoms. The molecule has 1 aliphatic heterocycles. The molecule has 1 aliphatic rings. The van der Waals surface area contributed by atoms with Gasteiger partial charge in [0.05, 0.1) is 7.11 Å². The molecule has 60 valence electrons. The Morgan fingerprint density at radius 2 is 1.80 bits per heavy atom. The van der Waals surface area contributed by atoms with Crippen LogP contribution in [0.25, 0.3) is 0 Å². The summed E-state index contributed by atoms with van der Waals surface area (Å²) in [6.45, 7) is 3.01. The Kier molecular flexibility index (Phi) is 6.18. The lowest BCUT2D eigenvalue weighted by Gasteiger charge is -2.01. The highest BCUT2D eigenvalue weighted by molar-refractivity contribution is 5.36. The van der Waals surface area contributed by atoms with E-state index in [1.54, 1.807) is 0 Å². The standard InChI is InChI=1S/C5H11N.C2H4O2/c1-6-4-2-3-5-6;1-4-2-3/h2-5H2,1H3;2H,1H3. The van der Waals surface area contributed by atoms with E-state index in [0.29, 0.717) is 6.47 Å². The van der Waals surface area contributed by atoms with Gasteiger partial charge in [0.1, 0.15) is 0 Å². The first-order chi connectivity index (χ1) is 4.81. The van der Waals surface area contributed by atoms with Crippen LogP contribution in [-0.2, 0) is 9.53 Å². The second kappa shape index (κ2) is 6.55. The monoisotopic (exact) mass is 145 g/mol. The van der Waals surface area contributed by atoms with Gasteiger partial charge >= 0.3 is 0 Å². The summed E-state index contributed by atoms with van der Waals surface area (Å²) in [5.74, 6) is 0. The van der Waals surface area contributed by atoms with Crippen LogP contribution in [0.2, 0.25) is 0 Å². The third-order valence-corrected chi connectivity index (χ3v) is 1.43. The van der Waals surface area contributed by atoms with Crippen molar-refractivity contribution in [2.45, 2.75) is 12.8 Å². The molecular formula is C7H15NO2. The zero-order valence-corrected chi connectivity index (χ0v) is 6.67. The fraction of sp³-hybridized carbons (Fsp3) is 0.857. The largest absolute Gasteiger partial charge is 0.471 e. The minimum Gasteiger partial charge on any atom is -0.471 e. The number of hydrogen-bond donors (Lipinski definition) is 0. The van der Waals surface area contributed by atoms with Gasteiger partial charge in [0.25, 0.3) is 6.47 Å². The van der Waals surface area contributed by atoms with E-state index >= 15 is 0 Å². The van der Waals surface area contributed by atoms with E-state index in [2.05, 4.69) is 16.7 Å². The minimum atomic E-state index is 0.375. The molecule has 0 aromatic heterocycles. The number of methoxy groups -OCH3 is 1. The van der Waals surface area contributed by atoms with Crippen LogP contribution in [0.1, 0.15) is 12.8 Å². The molecule has 0 amide bonds. The topological polar surface area (TPSA) is 29.5 Å². The molecule has 0 aliphatic carbocycles. The molecule has 1 heterocycles. The third-order valence-electron chi connectivity index (χ3n) is 1.43. The van der Waals surface area contributed by atoms with Gasteiger partial charge in [-0.05, 0) is 33.0 Å². The van der Waals surface area contributed by atoms with Crippen molar-refractivity contribution in [2.24, 2.45) is 0 Å². The van der Waals surface area contributed by atoms with Crippen molar-refractivity contribution in [2.75, 3.05) is 27.2 Å². The highest BCUT2D eigenvalue weighted by Crippen LogP contribution is 2.01. The van der Waals surface area contributed by atoms with Crippen LogP contribution in [0, 0.1) is 0 Å². The number of carbonyl (C=O) groups excluding carboxylic acids is 1. The van der Waals surface area contributed by atoms with Gasteiger partial charge in [0, 0.05) is 0 Å². The molecule has 0 aromatic carbocycles. The molecule has 0 saturated carbocycles. The molecule has 3 heteroatoms. The highest BCUT2D eigenvalue weighted by atomic mass is 16.5. The van der Waals surface area contributed by atoms with Gasteiger partial charge in [-0.2, -0.15) is 0 Å². The molecule has 0 N–H and O–H groups in total. The fourth-order valence-electron chi connectivity index (χ4n) is 0.875. The maximum atomic E-state index is 8.95. The van der Waals surface area contributed by atoms with Crippen LogP contribution in [0.5, 0.6) is 0 Å². The lowest BCUT2D eigenvalue weighted by Crippen LogP contribution is -2.10. The first-order valence-electron chi connectivity index (χ1n) is 3.46. The molecule has 1 rings (SSSR count). The molecule has 1 fully saturated rings. The lowest BCUT2D eigenvalue weighted by atomic mass is 10.4. The number of rotatable bonds is 1. The van der Waals surface area contributed by atoms with Crippen molar-refractivity contribution in [3.8, 4) is 0 Å². The number of ether oxygens (including phenoxy) is 1. The number of likely N-dealkylation sites (tertiary alicyclic amines) is 1. The Morgan fingerprint density at radius 3 is 1.90 bits per heavy atom. The summed E-state index contributed by atoms with van der Waals surface area (Å²) in [5.41, 5.74) is 0. The summed E-state index contributed by atoms with van der Waals surface area (Å²) in [6.07, 6.45) is 2.83. The molecule has 0 unspecified atom stereocenters. The van der Waals surface area contributed by atoms with E-state index in [1.165, 1.54) is 33.0 Å². The predicted molar refractivity (Wildman–Crippen MR) is 39.8 cm³/mol. The van der Waals surface area contributed by atoms with E-state index in [0.717, 1.165) is 0 Å². The lowest BCUT2D eigenvalue weighted by molar-refractivity contribution is -0.126. The van der Waals surface area contributed by atoms with Crippen molar-refractivity contribution in [3.05, 3.63) is 0 Å². The summed E-state index contributed by atoms with van der Waals surface area (Å²) in [4.78, 5) is 11.3. The van der Waals surface area contributed by atoms with Crippen LogP contribution in [0.4, 0.5) is 0 Å². The fourth-order valence-corrected chi connectivity index (χ4v) is 0.875. The van der Waals surface area contributed by atoms with Gasteiger partial charge < -0.3 is 9.64 Å². The smallest absolute Gasteiger partial charge is 0.292 e. The summed E-state index contributed by atoms with van der Waals surface area (Å²) < 4.78 is 3.86. The maximum Gasteiger partial charge on any atom is 0.292 e. The average Bonchev–Trinajstić information content (AvgIpc) is 2.40. The molecular weight excluding hydrogens is 130 g/mol. The van der Waals surface area contributed by atoms with Gasteiger partial charge in [0.2, 0.25) is 0 Å². The van der Waals surface area contributed by atoms with E-state index in [4.69, 9.17) is 4.79 Å². The quantitative estimate of drug-likeness (QED) is 0.503. The van der Waals surface area contributed by atoms with E-state index in [1.807, 2.05) is 0 Å². The average molecular weight is 145 g/mol. The van der Waals surface area contributed by atoms with Crippen molar-refractivity contribution in [3.63, 3.8) is 0 Å². The Morgan fingerprint density at radius 1 is 1.40 bits per heavy atom. The summed E-state index contributed by atoms with van der Waals surface area (Å²) in [5, 5.41) is 0. The van der Waals surface area contributed by atoms with E-state index in [9.17, 15) is 0 Å². The zero-order chi connectivity index (χ0) is 7.82. The molecule has 1 saturated heterocycles. The van der Waals surface area contributed by atoms with Crippen molar-refractivity contribution >= 4 is 6.47 Å². The molecule has 0 spiro atoms. The van der Waals surface area contributed by atoms with Gasteiger partial charge in [0.15, 0.2) is 0 Å². The summed E-state index contributed by atoms with van der Waals surface area (Å²) in [7, 11) is 3.49. The zero-order valence-electron chi connectivity index (χ0n) is 6.67. The van der Waals surface area contributed by atoms with Crippen molar-refractivity contribution in [1.82, 2.24) is 4.90 Å². The molecule has 3 nitrogen and oxygen atoms in total. The molecule has 0 atom stereocenters. The predicted octanol–water partition coefficient (Wildman–Crippen LogP) is 0.501. The van der Waals surface area contributed by atoms with Crippen LogP contribution in [-0.4, -0.2) is 38.6 Å². The number of nitrogens with zero attached hydrogens (tertiary/aromatic N) is 1. The normalized spacial score (nSPS) is 17.4. The minimum absolute atomic E-state index is 0.375. The van der Waals surface area contributed by atoms with E-state index < -0.39 is 0 Å². The van der Waals surface area contributed by atoms with Crippen molar-refractivity contribution in [1.29, 1.82) is 0 Å². The van der Waals surface area contributed by atoms with Crippen LogP contribution < -0.4 is 0 Å². The summed E-state index contributed by atoms with van der Waals surface area (Å²) in [6, 6.07) is 0. The second-order valence-corrected chi connectivity index (χ2v) is 2.34. The Labute approximate surface area is 62.0 Å². The summed E-state index contributed by atoms with van der Waals surface area (Å²) >= 11 is 0. The van der Waals surface area contributed by atoms with Crippen LogP contribution in [0.15, 0.2) is 0 Å². The molecule has 0 aromatic rings. The molecule has 0 radical (unpaired) electrons. The Balaban J connectivity index is 0.000000180. The van der Waals surface area contributed by atoms with Crippen LogP contribution in [0.3, 0.4) is 0 Å². The van der Waals surface area contributed by atoms with Crippen LogP contribution >= 0.6 is 0 Å². The maximum absolute atomic E-state index is 8.95. The van der Waals surface area contributed by atoms with Crippen molar-refractivity contribution < 1.29 is 9.53 Å². The highest BCUT2D eigenvalue weighted by Gasteiger charge is 2.03.